The lowest BCUT2D eigenvalue weighted by Gasteiger charge is -2.36. The summed E-state index contributed by atoms with van der Waals surface area (Å²) in [6.45, 7) is 2.10. The van der Waals surface area contributed by atoms with Crippen LogP contribution in [-0.4, -0.2) is 0 Å². The van der Waals surface area contributed by atoms with Gasteiger partial charge in [-0.2, -0.15) is 0 Å². The Morgan fingerprint density at radius 2 is 1.76 bits per heavy atom. The molecule has 0 amide bonds. The molecule has 1 aliphatic rings. The molecular formula is C19H20N2. The monoisotopic (exact) mass is 276 g/mol. The van der Waals surface area contributed by atoms with Gasteiger partial charge in [0.1, 0.15) is 0 Å². The van der Waals surface area contributed by atoms with Crippen molar-refractivity contribution in [3.8, 4) is 0 Å². The minimum absolute atomic E-state index is 0.117. The van der Waals surface area contributed by atoms with Gasteiger partial charge in [-0.25, -0.2) is 0 Å². The van der Waals surface area contributed by atoms with E-state index in [1.165, 1.54) is 11.1 Å². The van der Waals surface area contributed by atoms with Crippen molar-refractivity contribution >= 4 is 5.69 Å². The highest BCUT2D eigenvalue weighted by atomic mass is 14.8. The standard InChI is InChI=1S/C19H20N2/c1-14-5-4-6-15(13-14)18-7-2-3-12-19(18,21)16-8-10-17(20)11-9-16/h2-13,18H,20-21H2,1H3. The number of hydrogen-bond acceptors (Lipinski definition) is 2. The summed E-state index contributed by atoms with van der Waals surface area (Å²) >= 11 is 0. The van der Waals surface area contributed by atoms with Crippen molar-refractivity contribution in [2.75, 3.05) is 5.73 Å². The van der Waals surface area contributed by atoms with Crippen LogP contribution in [0.4, 0.5) is 5.69 Å². The molecule has 3 rings (SSSR count). The van der Waals surface area contributed by atoms with Crippen molar-refractivity contribution in [3.05, 3.63) is 89.5 Å². The van der Waals surface area contributed by atoms with E-state index in [1.54, 1.807) is 0 Å². The first-order valence-electron chi connectivity index (χ1n) is 7.17. The van der Waals surface area contributed by atoms with E-state index in [0.29, 0.717) is 0 Å². The van der Waals surface area contributed by atoms with Gasteiger partial charge in [-0.3, -0.25) is 0 Å². The molecule has 4 N–H and O–H groups in total. The van der Waals surface area contributed by atoms with Gasteiger partial charge in [0.15, 0.2) is 0 Å². The van der Waals surface area contributed by atoms with Gasteiger partial charge in [-0.15, -0.1) is 0 Å². The summed E-state index contributed by atoms with van der Waals surface area (Å²) in [6.07, 6.45) is 8.33. The van der Waals surface area contributed by atoms with Crippen LogP contribution in [0, 0.1) is 6.92 Å². The minimum atomic E-state index is -0.545. The molecule has 2 heteroatoms. The lowest BCUT2D eigenvalue weighted by atomic mass is 9.73. The normalized spacial score (nSPS) is 24.2. The Hall–Kier alpha value is -2.32. The molecule has 0 saturated carbocycles. The Balaban J connectivity index is 2.08. The Morgan fingerprint density at radius 1 is 1.00 bits per heavy atom. The zero-order chi connectivity index (χ0) is 14.9. The van der Waals surface area contributed by atoms with Gasteiger partial charge >= 0.3 is 0 Å². The molecule has 2 aromatic rings. The molecule has 2 nitrogen and oxygen atoms in total. The summed E-state index contributed by atoms with van der Waals surface area (Å²) in [6, 6.07) is 16.4. The molecule has 0 aliphatic heterocycles. The van der Waals surface area contributed by atoms with E-state index in [0.717, 1.165) is 11.3 Å². The quantitative estimate of drug-likeness (QED) is 0.823. The Kier molecular flexibility index (Phi) is 3.40. The van der Waals surface area contributed by atoms with Crippen LogP contribution in [0.3, 0.4) is 0 Å². The van der Waals surface area contributed by atoms with Crippen molar-refractivity contribution in [3.63, 3.8) is 0 Å². The summed E-state index contributed by atoms with van der Waals surface area (Å²) in [4.78, 5) is 0. The average Bonchev–Trinajstić information content (AvgIpc) is 2.48. The molecule has 2 aromatic carbocycles. The van der Waals surface area contributed by atoms with Gasteiger partial charge in [-0.05, 0) is 30.2 Å². The average molecular weight is 276 g/mol. The number of rotatable bonds is 2. The Morgan fingerprint density at radius 3 is 2.48 bits per heavy atom. The van der Waals surface area contributed by atoms with Gasteiger partial charge in [0.05, 0.1) is 5.54 Å². The minimum Gasteiger partial charge on any atom is -0.399 e. The third kappa shape index (κ3) is 2.50. The topological polar surface area (TPSA) is 52.0 Å². The predicted molar refractivity (Wildman–Crippen MR) is 88.9 cm³/mol. The van der Waals surface area contributed by atoms with Crippen molar-refractivity contribution in [1.82, 2.24) is 0 Å². The van der Waals surface area contributed by atoms with Crippen LogP contribution < -0.4 is 11.5 Å². The second-order valence-corrected chi connectivity index (χ2v) is 5.69. The number of aryl methyl sites for hydroxylation is 1. The molecular weight excluding hydrogens is 256 g/mol. The number of nitrogens with two attached hydrogens (primary N) is 2. The number of hydrogen-bond donors (Lipinski definition) is 2. The Labute approximate surface area is 125 Å². The maximum Gasteiger partial charge on any atom is 0.0703 e. The summed E-state index contributed by atoms with van der Waals surface area (Å²) in [5.74, 6) is 0.117. The fraction of sp³-hybridized carbons (Fsp3) is 0.158. The molecule has 0 radical (unpaired) electrons. The first-order valence-corrected chi connectivity index (χ1v) is 7.17. The molecule has 0 heterocycles. The second-order valence-electron chi connectivity index (χ2n) is 5.69. The van der Waals surface area contributed by atoms with Gasteiger partial charge < -0.3 is 11.5 Å². The molecule has 0 saturated heterocycles. The van der Waals surface area contributed by atoms with Gasteiger partial charge in [0.25, 0.3) is 0 Å². The zero-order valence-electron chi connectivity index (χ0n) is 12.2. The SMILES string of the molecule is Cc1cccc(C2C=CC=CC2(N)c2ccc(N)cc2)c1. The number of anilines is 1. The van der Waals surface area contributed by atoms with Gasteiger partial charge in [0.2, 0.25) is 0 Å². The number of benzene rings is 2. The van der Waals surface area contributed by atoms with Crippen LogP contribution in [0.1, 0.15) is 22.6 Å². The molecule has 106 valence electrons. The maximum absolute atomic E-state index is 6.78. The molecule has 2 unspecified atom stereocenters. The van der Waals surface area contributed by atoms with E-state index >= 15 is 0 Å². The number of allylic oxidation sites excluding steroid dienone is 2. The Bertz CT molecular complexity index is 698. The van der Waals surface area contributed by atoms with E-state index in [-0.39, 0.29) is 5.92 Å². The van der Waals surface area contributed by atoms with Crippen LogP contribution in [0.25, 0.3) is 0 Å². The molecule has 1 aliphatic carbocycles. The van der Waals surface area contributed by atoms with Gasteiger partial charge in [-0.1, -0.05) is 66.3 Å². The smallest absolute Gasteiger partial charge is 0.0703 e. The molecule has 0 spiro atoms. The van der Waals surface area contributed by atoms with Crippen molar-refractivity contribution in [2.24, 2.45) is 5.73 Å². The van der Waals surface area contributed by atoms with Crippen LogP contribution in [-0.2, 0) is 5.54 Å². The third-order valence-corrected chi connectivity index (χ3v) is 4.11. The summed E-state index contributed by atoms with van der Waals surface area (Å²) < 4.78 is 0. The fourth-order valence-electron chi connectivity index (χ4n) is 2.95. The van der Waals surface area contributed by atoms with E-state index in [2.05, 4.69) is 49.4 Å². The van der Waals surface area contributed by atoms with E-state index in [4.69, 9.17) is 11.5 Å². The highest BCUT2D eigenvalue weighted by molar-refractivity contribution is 5.48. The van der Waals surface area contributed by atoms with Crippen LogP contribution >= 0.6 is 0 Å². The maximum atomic E-state index is 6.78. The highest BCUT2D eigenvalue weighted by Crippen LogP contribution is 2.39. The van der Waals surface area contributed by atoms with Crippen molar-refractivity contribution < 1.29 is 0 Å². The first-order chi connectivity index (χ1) is 10.1. The van der Waals surface area contributed by atoms with Crippen LogP contribution in [0.5, 0.6) is 0 Å². The van der Waals surface area contributed by atoms with Crippen LogP contribution in [0.15, 0.2) is 72.8 Å². The van der Waals surface area contributed by atoms with E-state index in [1.807, 2.05) is 30.3 Å². The molecule has 0 bridgehead atoms. The second kappa shape index (κ2) is 5.23. The summed E-state index contributed by atoms with van der Waals surface area (Å²) in [7, 11) is 0. The predicted octanol–water partition coefficient (Wildman–Crippen LogP) is 3.64. The zero-order valence-corrected chi connectivity index (χ0v) is 12.2. The fourth-order valence-corrected chi connectivity index (χ4v) is 2.95. The van der Waals surface area contributed by atoms with E-state index in [9.17, 15) is 0 Å². The van der Waals surface area contributed by atoms with Crippen LogP contribution in [0.2, 0.25) is 0 Å². The third-order valence-electron chi connectivity index (χ3n) is 4.11. The summed E-state index contributed by atoms with van der Waals surface area (Å²) in [5, 5.41) is 0. The molecule has 21 heavy (non-hydrogen) atoms. The largest absolute Gasteiger partial charge is 0.399 e. The summed E-state index contributed by atoms with van der Waals surface area (Å²) in [5.41, 5.74) is 16.3. The van der Waals surface area contributed by atoms with E-state index < -0.39 is 5.54 Å². The molecule has 0 fully saturated rings. The number of nitrogen functional groups attached to an aromatic ring is 1. The van der Waals surface area contributed by atoms with Gasteiger partial charge in [0, 0.05) is 11.6 Å². The first kappa shape index (κ1) is 13.7. The molecule has 2 atom stereocenters. The highest BCUT2D eigenvalue weighted by Gasteiger charge is 2.35. The van der Waals surface area contributed by atoms with Crippen molar-refractivity contribution in [1.29, 1.82) is 0 Å². The lowest BCUT2D eigenvalue weighted by molar-refractivity contribution is 0.496. The lowest BCUT2D eigenvalue weighted by Crippen LogP contribution is -2.41. The molecule has 0 aromatic heterocycles. The van der Waals surface area contributed by atoms with Crippen molar-refractivity contribution in [2.45, 2.75) is 18.4 Å².